The molecule has 3 nitrogen and oxygen atoms in total. The van der Waals surface area contributed by atoms with E-state index in [-0.39, 0.29) is 18.1 Å². The van der Waals surface area contributed by atoms with Crippen molar-refractivity contribution >= 4 is 11.6 Å². The number of rotatable bonds is 2. The fourth-order valence-corrected chi connectivity index (χ4v) is 2.49. The second-order valence-corrected chi connectivity index (χ2v) is 4.70. The summed E-state index contributed by atoms with van der Waals surface area (Å²) in [4.78, 5) is 5.46. The number of hydrogen-bond donors (Lipinski definition) is 1. The highest BCUT2D eigenvalue weighted by Crippen LogP contribution is 2.33. The third-order valence-corrected chi connectivity index (χ3v) is 3.40. The number of anilines is 1. The summed E-state index contributed by atoms with van der Waals surface area (Å²) in [6.45, 7) is 0.111. The molecule has 21 heavy (non-hydrogen) atoms. The lowest BCUT2D eigenvalue weighted by atomic mass is 10.0. The molecule has 3 rings (SSSR count). The second kappa shape index (κ2) is 5.12. The van der Waals surface area contributed by atoms with E-state index in [1.807, 2.05) is 0 Å². The van der Waals surface area contributed by atoms with Crippen LogP contribution in [0.4, 0.5) is 18.9 Å². The predicted octanol–water partition coefficient (Wildman–Crippen LogP) is 2.98. The molecule has 1 aliphatic rings. The Bertz CT molecular complexity index is 695. The molecular weight excluding hydrogens is 279 g/mol. The van der Waals surface area contributed by atoms with Gasteiger partial charge in [-0.25, -0.2) is 13.2 Å². The minimum absolute atomic E-state index is 0.105. The number of halogens is 3. The second-order valence-electron chi connectivity index (χ2n) is 4.70. The molecular formula is C15H12F3N3. The summed E-state index contributed by atoms with van der Waals surface area (Å²) in [5.41, 5.74) is 6.08. The quantitative estimate of drug-likeness (QED) is 0.924. The molecule has 1 unspecified atom stereocenters. The molecule has 108 valence electrons. The van der Waals surface area contributed by atoms with Crippen molar-refractivity contribution in [2.75, 3.05) is 11.4 Å². The van der Waals surface area contributed by atoms with Crippen LogP contribution in [0.2, 0.25) is 0 Å². The molecule has 0 radical (unpaired) electrons. The van der Waals surface area contributed by atoms with Crippen molar-refractivity contribution < 1.29 is 13.2 Å². The van der Waals surface area contributed by atoms with Gasteiger partial charge >= 0.3 is 0 Å². The fraction of sp³-hybridized carbons (Fsp3) is 0.133. The highest BCUT2D eigenvalue weighted by molar-refractivity contribution is 5.97. The molecule has 0 saturated heterocycles. The van der Waals surface area contributed by atoms with E-state index in [0.717, 1.165) is 0 Å². The molecule has 6 heteroatoms. The summed E-state index contributed by atoms with van der Waals surface area (Å²) in [6, 6.07) is 8.57. The molecule has 1 aliphatic heterocycles. The molecule has 0 bridgehead atoms. The summed E-state index contributed by atoms with van der Waals surface area (Å²) in [5.74, 6) is -1.70. The van der Waals surface area contributed by atoms with Gasteiger partial charge in [-0.15, -0.1) is 0 Å². The van der Waals surface area contributed by atoms with Crippen molar-refractivity contribution in [3.8, 4) is 0 Å². The first-order chi connectivity index (χ1) is 10.1. The van der Waals surface area contributed by atoms with Gasteiger partial charge in [0.2, 0.25) is 0 Å². The molecule has 1 heterocycles. The number of aliphatic imine (C=N–C) groups is 1. The summed E-state index contributed by atoms with van der Waals surface area (Å²) in [5, 5.41) is 0. The van der Waals surface area contributed by atoms with Crippen LogP contribution >= 0.6 is 0 Å². The van der Waals surface area contributed by atoms with Crippen molar-refractivity contribution in [1.82, 2.24) is 0 Å². The van der Waals surface area contributed by atoms with Gasteiger partial charge in [-0.2, -0.15) is 0 Å². The van der Waals surface area contributed by atoms with Crippen molar-refractivity contribution in [2.24, 2.45) is 10.7 Å². The Balaban J connectivity index is 2.07. The zero-order chi connectivity index (χ0) is 15.0. The minimum atomic E-state index is -0.729. The normalized spacial score (nSPS) is 18.0. The standard InChI is InChI=1S/C15H12F3N3/c16-9-3-1-4-10(7-9)21-13(8-20-15(21)19)14-11(17)5-2-6-12(14)18/h1-7,13H,8H2,(H2,19,20). The molecule has 2 N–H and O–H groups in total. The number of benzene rings is 2. The number of nitrogens with zero attached hydrogens (tertiary/aromatic N) is 2. The number of hydrogen-bond acceptors (Lipinski definition) is 3. The molecule has 0 spiro atoms. The fourth-order valence-electron chi connectivity index (χ4n) is 2.49. The molecule has 2 aromatic carbocycles. The number of guanidine groups is 1. The Morgan fingerprint density at radius 1 is 1.05 bits per heavy atom. The smallest absolute Gasteiger partial charge is 0.196 e. The van der Waals surface area contributed by atoms with Crippen LogP contribution in [-0.4, -0.2) is 12.5 Å². The first-order valence-corrected chi connectivity index (χ1v) is 6.36. The Hall–Kier alpha value is -2.50. The van der Waals surface area contributed by atoms with Gasteiger partial charge in [0.1, 0.15) is 17.5 Å². The van der Waals surface area contributed by atoms with Crippen molar-refractivity contribution in [1.29, 1.82) is 0 Å². The van der Waals surface area contributed by atoms with Gasteiger partial charge < -0.3 is 10.6 Å². The van der Waals surface area contributed by atoms with Crippen LogP contribution in [-0.2, 0) is 0 Å². The lowest BCUT2D eigenvalue weighted by Crippen LogP contribution is -2.36. The van der Waals surface area contributed by atoms with Crippen molar-refractivity contribution in [2.45, 2.75) is 6.04 Å². The van der Waals surface area contributed by atoms with Crippen LogP contribution in [0.15, 0.2) is 47.5 Å². The minimum Gasteiger partial charge on any atom is -0.369 e. The Kier molecular flexibility index (Phi) is 3.29. The zero-order valence-electron chi connectivity index (χ0n) is 10.9. The van der Waals surface area contributed by atoms with Crippen LogP contribution < -0.4 is 10.6 Å². The van der Waals surface area contributed by atoms with Crippen LogP contribution in [0.1, 0.15) is 11.6 Å². The predicted molar refractivity (Wildman–Crippen MR) is 74.5 cm³/mol. The van der Waals surface area contributed by atoms with Gasteiger partial charge in [0.15, 0.2) is 5.96 Å². The first-order valence-electron chi connectivity index (χ1n) is 6.36. The lowest BCUT2D eigenvalue weighted by molar-refractivity contribution is 0.533. The molecule has 0 saturated carbocycles. The van der Waals surface area contributed by atoms with E-state index in [9.17, 15) is 13.2 Å². The zero-order valence-corrected chi connectivity index (χ0v) is 10.9. The third-order valence-electron chi connectivity index (χ3n) is 3.40. The van der Waals surface area contributed by atoms with Gasteiger partial charge in [0.25, 0.3) is 0 Å². The molecule has 0 aliphatic carbocycles. The number of nitrogens with two attached hydrogens (primary N) is 1. The van der Waals surface area contributed by atoms with Gasteiger partial charge in [0, 0.05) is 11.3 Å². The lowest BCUT2D eigenvalue weighted by Gasteiger charge is -2.27. The van der Waals surface area contributed by atoms with E-state index in [1.165, 1.54) is 41.3 Å². The van der Waals surface area contributed by atoms with E-state index >= 15 is 0 Å². The molecule has 0 fully saturated rings. The molecule has 0 amide bonds. The summed E-state index contributed by atoms with van der Waals surface area (Å²) < 4.78 is 41.3. The monoisotopic (exact) mass is 291 g/mol. The maximum Gasteiger partial charge on any atom is 0.196 e. The van der Waals surface area contributed by atoms with Crippen molar-refractivity contribution in [3.63, 3.8) is 0 Å². The Morgan fingerprint density at radius 2 is 1.71 bits per heavy atom. The van der Waals surface area contributed by atoms with Gasteiger partial charge in [-0.05, 0) is 30.3 Å². The topological polar surface area (TPSA) is 41.6 Å². The van der Waals surface area contributed by atoms with Crippen LogP contribution in [0, 0.1) is 17.5 Å². The largest absolute Gasteiger partial charge is 0.369 e. The molecule has 0 aromatic heterocycles. The average Bonchev–Trinajstić information content (AvgIpc) is 2.80. The third kappa shape index (κ3) is 2.33. The Morgan fingerprint density at radius 3 is 2.38 bits per heavy atom. The highest BCUT2D eigenvalue weighted by atomic mass is 19.1. The maximum absolute atomic E-state index is 14.0. The van der Waals surface area contributed by atoms with Crippen LogP contribution in [0.5, 0.6) is 0 Å². The van der Waals surface area contributed by atoms with E-state index in [2.05, 4.69) is 4.99 Å². The average molecular weight is 291 g/mol. The van der Waals surface area contributed by atoms with Gasteiger partial charge in [-0.3, -0.25) is 4.99 Å². The summed E-state index contributed by atoms with van der Waals surface area (Å²) in [7, 11) is 0. The molecule has 1 atom stereocenters. The van der Waals surface area contributed by atoms with Crippen LogP contribution in [0.3, 0.4) is 0 Å². The van der Waals surface area contributed by atoms with Gasteiger partial charge in [-0.1, -0.05) is 12.1 Å². The first kappa shape index (κ1) is 13.5. The van der Waals surface area contributed by atoms with E-state index in [0.29, 0.717) is 5.69 Å². The van der Waals surface area contributed by atoms with E-state index < -0.39 is 23.5 Å². The summed E-state index contributed by atoms with van der Waals surface area (Å²) in [6.07, 6.45) is 0. The highest BCUT2D eigenvalue weighted by Gasteiger charge is 2.33. The van der Waals surface area contributed by atoms with E-state index in [1.54, 1.807) is 6.07 Å². The van der Waals surface area contributed by atoms with Crippen molar-refractivity contribution in [3.05, 3.63) is 65.5 Å². The SMILES string of the molecule is NC1=NCC(c2c(F)cccc2F)N1c1cccc(F)c1. The summed E-state index contributed by atoms with van der Waals surface area (Å²) >= 11 is 0. The van der Waals surface area contributed by atoms with Crippen LogP contribution in [0.25, 0.3) is 0 Å². The van der Waals surface area contributed by atoms with Gasteiger partial charge in [0.05, 0.1) is 12.6 Å². The molecule has 2 aromatic rings. The van der Waals surface area contributed by atoms with E-state index in [4.69, 9.17) is 5.73 Å². The Labute approximate surface area is 119 Å². The maximum atomic E-state index is 14.0.